The van der Waals surface area contributed by atoms with Gasteiger partial charge in [-0.2, -0.15) is 0 Å². The van der Waals surface area contributed by atoms with Gasteiger partial charge in [-0.3, -0.25) is 5.41 Å². The minimum absolute atomic E-state index is 0. The first kappa shape index (κ1) is 8.94. The van der Waals surface area contributed by atoms with Crippen LogP contribution in [0.3, 0.4) is 0 Å². The van der Waals surface area contributed by atoms with Gasteiger partial charge in [0, 0.05) is 19.5 Å². The summed E-state index contributed by atoms with van der Waals surface area (Å²) in [6.45, 7) is 0. The van der Waals surface area contributed by atoms with Crippen LogP contribution < -0.4 is 5.73 Å². The summed E-state index contributed by atoms with van der Waals surface area (Å²) in [5, 5.41) is 5.86. The van der Waals surface area contributed by atoms with Gasteiger partial charge < -0.3 is 5.73 Å². The van der Waals surface area contributed by atoms with Crippen molar-refractivity contribution >= 4 is 6.34 Å². The van der Waals surface area contributed by atoms with E-state index in [0.29, 0.717) is 0 Å². The second-order valence-electron chi connectivity index (χ2n) is 0.167. The number of rotatable bonds is 0. The van der Waals surface area contributed by atoms with E-state index in [9.17, 15) is 0 Å². The van der Waals surface area contributed by atoms with Crippen LogP contribution in [0, 0.1) is 5.41 Å². The molecule has 0 amide bonds. The maximum Gasteiger partial charge on any atom is 0.0765 e. The van der Waals surface area contributed by atoms with Gasteiger partial charge in [0.15, 0.2) is 0 Å². The minimum Gasteiger partial charge on any atom is -0.390 e. The van der Waals surface area contributed by atoms with Gasteiger partial charge in [0.2, 0.25) is 0 Å². The van der Waals surface area contributed by atoms with Crippen LogP contribution >= 0.6 is 0 Å². The Morgan fingerprint density at radius 3 is 1.75 bits per heavy atom. The van der Waals surface area contributed by atoms with E-state index >= 15 is 0 Å². The normalized spacial score (nSPS) is 3.00. The minimum atomic E-state index is 0. The van der Waals surface area contributed by atoms with Crippen LogP contribution in [0.5, 0.6) is 0 Å². The molecule has 0 bridgehead atoms. The van der Waals surface area contributed by atoms with Crippen molar-refractivity contribution in [1.29, 1.82) is 5.41 Å². The second-order valence-corrected chi connectivity index (χ2v) is 0.167. The summed E-state index contributed by atoms with van der Waals surface area (Å²) in [5.41, 5.74) is 4.39. The van der Waals surface area contributed by atoms with E-state index in [1.54, 1.807) is 0 Å². The molecule has 4 heavy (non-hydrogen) atoms. The van der Waals surface area contributed by atoms with Crippen LogP contribution in [0.25, 0.3) is 0 Å². The van der Waals surface area contributed by atoms with Crippen LogP contribution in [-0.4, -0.2) is 6.34 Å². The van der Waals surface area contributed by atoms with Crippen molar-refractivity contribution in [3.8, 4) is 0 Å². The fourth-order valence-corrected chi connectivity index (χ4v) is 0. The first-order valence-corrected chi connectivity index (χ1v) is 0.622. The molecule has 3 heteroatoms. The molecule has 0 spiro atoms. The summed E-state index contributed by atoms with van der Waals surface area (Å²) in [7, 11) is 0. The van der Waals surface area contributed by atoms with Gasteiger partial charge in [-0.05, 0) is 0 Å². The van der Waals surface area contributed by atoms with E-state index in [2.05, 4.69) is 5.73 Å². The molecule has 0 aliphatic rings. The fraction of sp³-hybridized carbons (Fsp3) is 0. The first-order chi connectivity index (χ1) is 1.41. The first-order valence-electron chi connectivity index (χ1n) is 0.622. The van der Waals surface area contributed by atoms with E-state index in [0.717, 1.165) is 6.34 Å². The Morgan fingerprint density at radius 1 is 1.75 bits per heavy atom. The Balaban J connectivity index is 0. The summed E-state index contributed by atoms with van der Waals surface area (Å²) in [6, 6.07) is 0. The third-order valence-corrected chi connectivity index (χ3v) is 0. The van der Waals surface area contributed by atoms with Gasteiger partial charge >= 0.3 is 0 Å². The van der Waals surface area contributed by atoms with E-state index in [4.69, 9.17) is 5.41 Å². The zero-order valence-electron chi connectivity index (χ0n) is 2.36. The molecule has 20 valence electrons. The second kappa shape index (κ2) is 11.3. The number of hydrogen-bond donors (Lipinski definition) is 2. The maximum atomic E-state index is 5.86. The average Bonchev–Trinajstić information content (AvgIpc) is 0.918. The molecule has 0 aromatic carbocycles. The van der Waals surface area contributed by atoms with Gasteiger partial charge in [-0.1, -0.05) is 0 Å². The Hall–Kier alpha value is 0.0934. The standard InChI is InChI=1S/CH4N2.Zn/c2-1-3;/h1H,(H3,2,3);. The molecule has 0 rings (SSSR count). The zero-order chi connectivity index (χ0) is 2.71. The van der Waals surface area contributed by atoms with Crippen molar-refractivity contribution in [2.75, 3.05) is 0 Å². The molecule has 0 fully saturated rings. The smallest absolute Gasteiger partial charge is 0.0765 e. The number of nitrogens with one attached hydrogen (secondary N) is 1. The van der Waals surface area contributed by atoms with Crippen LogP contribution in [-0.2, 0) is 19.5 Å². The topological polar surface area (TPSA) is 49.9 Å². The van der Waals surface area contributed by atoms with Crippen LogP contribution in [0.15, 0.2) is 0 Å². The predicted octanol–water partition coefficient (Wildman–Crippen LogP) is -0.450. The van der Waals surface area contributed by atoms with Crippen molar-refractivity contribution in [3.05, 3.63) is 0 Å². The number of nitrogens with two attached hydrogens (primary N) is 1. The summed E-state index contributed by atoms with van der Waals surface area (Å²) in [4.78, 5) is 0. The van der Waals surface area contributed by atoms with Crippen molar-refractivity contribution in [2.45, 2.75) is 0 Å². The molecule has 0 atom stereocenters. The molecule has 3 N–H and O–H groups in total. The molecular weight excluding hydrogens is 105 g/mol. The molecule has 0 heterocycles. The molecule has 0 unspecified atom stereocenters. The Kier molecular flexibility index (Phi) is 25.3. The monoisotopic (exact) mass is 108 g/mol. The molecule has 2 nitrogen and oxygen atoms in total. The Bertz CT molecular complexity index is 13.5. The van der Waals surface area contributed by atoms with E-state index in [1.165, 1.54) is 0 Å². The van der Waals surface area contributed by atoms with Gasteiger partial charge in [-0.25, -0.2) is 0 Å². The molecule has 0 aliphatic heterocycles. The van der Waals surface area contributed by atoms with Crippen LogP contribution in [0.2, 0.25) is 0 Å². The molecule has 0 saturated carbocycles. The van der Waals surface area contributed by atoms with Crippen LogP contribution in [0.4, 0.5) is 0 Å². The summed E-state index contributed by atoms with van der Waals surface area (Å²) in [5.74, 6) is 0. The largest absolute Gasteiger partial charge is 0.390 e. The van der Waals surface area contributed by atoms with Crippen molar-refractivity contribution in [3.63, 3.8) is 0 Å². The summed E-state index contributed by atoms with van der Waals surface area (Å²) in [6.07, 6.45) is 0.750. The Morgan fingerprint density at radius 2 is 1.75 bits per heavy atom. The molecule has 0 aromatic rings. The quantitative estimate of drug-likeness (QED) is 0.247. The summed E-state index contributed by atoms with van der Waals surface area (Å²) >= 11 is 0. The SMILES string of the molecule is N=CN.[Zn]. The fourth-order valence-electron chi connectivity index (χ4n) is 0. The molecule has 0 radical (unpaired) electrons. The number of hydrogen-bond acceptors (Lipinski definition) is 1. The maximum absolute atomic E-state index is 5.86. The predicted molar refractivity (Wildman–Crippen MR) is 13.0 cm³/mol. The van der Waals surface area contributed by atoms with E-state index in [-0.39, 0.29) is 19.5 Å². The average molecular weight is 109 g/mol. The van der Waals surface area contributed by atoms with Gasteiger partial charge in [0.05, 0.1) is 6.34 Å². The van der Waals surface area contributed by atoms with E-state index < -0.39 is 0 Å². The molecule has 0 aliphatic carbocycles. The third kappa shape index (κ3) is 287. The van der Waals surface area contributed by atoms with Crippen molar-refractivity contribution in [1.82, 2.24) is 0 Å². The van der Waals surface area contributed by atoms with E-state index in [1.807, 2.05) is 0 Å². The Labute approximate surface area is 37.6 Å². The molecular formula is CH4N2Zn. The van der Waals surface area contributed by atoms with Crippen molar-refractivity contribution < 1.29 is 19.5 Å². The molecule has 0 aromatic heterocycles. The third-order valence-electron chi connectivity index (χ3n) is 0. The van der Waals surface area contributed by atoms with Gasteiger partial charge in [-0.15, -0.1) is 0 Å². The van der Waals surface area contributed by atoms with Gasteiger partial charge in [0.25, 0.3) is 0 Å². The zero-order valence-corrected chi connectivity index (χ0v) is 5.33. The van der Waals surface area contributed by atoms with Crippen molar-refractivity contribution in [2.24, 2.45) is 5.73 Å². The summed E-state index contributed by atoms with van der Waals surface area (Å²) < 4.78 is 0. The van der Waals surface area contributed by atoms with Gasteiger partial charge in [0.1, 0.15) is 0 Å². The van der Waals surface area contributed by atoms with Crippen LogP contribution in [0.1, 0.15) is 0 Å². The molecule has 0 saturated heterocycles.